The van der Waals surface area contributed by atoms with Gasteiger partial charge in [-0.1, -0.05) is 0 Å². The molecule has 1 N–H and O–H groups in total. The number of hydrogen-bond donors (Lipinski definition) is 1. The highest BCUT2D eigenvalue weighted by atomic mass is 16.5. The lowest BCUT2D eigenvalue weighted by molar-refractivity contribution is -0.124. The highest BCUT2D eigenvalue weighted by Crippen LogP contribution is 2.27. The quantitative estimate of drug-likeness (QED) is 0.843. The number of carbonyl (C=O) groups is 1. The first-order valence-corrected chi connectivity index (χ1v) is 5.30. The highest BCUT2D eigenvalue weighted by Gasteiger charge is 2.15. The summed E-state index contributed by atoms with van der Waals surface area (Å²) in [6, 6.07) is 5.67. The topological polar surface area (TPSA) is 47.6 Å². The van der Waals surface area contributed by atoms with Crippen LogP contribution in [0.4, 0.5) is 5.69 Å². The smallest absolute Gasteiger partial charge is 0.253 e. The second kappa shape index (κ2) is 4.53. The Balaban J connectivity index is 2.08. The molecule has 1 amide bonds. The van der Waals surface area contributed by atoms with Crippen molar-refractivity contribution >= 4 is 11.6 Å². The lowest BCUT2D eigenvalue weighted by Gasteiger charge is -2.11. The first-order chi connectivity index (χ1) is 7.70. The first-order valence-electron chi connectivity index (χ1n) is 5.30. The van der Waals surface area contributed by atoms with E-state index in [2.05, 4.69) is 5.32 Å². The minimum absolute atomic E-state index is 0.138. The molecule has 1 aromatic rings. The summed E-state index contributed by atoms with van der Waals surface area (Å²) in [5, 5.41) is 2.80. The Bertz CT molecular complexity index is 403. The Morgan fingerprint density at radius 1 is 1.56 bits per heavy atom. The molecule has 1 aliphatic rings. The molecular formula is C12H15NO3. The van der Waals surface area contributed by atoms with Crippen LogP contribution in [-0.2, 0) is 16.0 Å². The van der Waals surface area contributed by atoms with E-state index in [9.17, 15) is 4.79 Å². The summed E-state index contributed by atoms with van der Waals surface area (Å²) in [6.45, 7) is 2.44. The van der Waals surface area contributed by atoms with Crippen LogP contribution in [0, 0.1) is 0 Å². The molecule has 86 valence electrons. The van der Waals surface area contributed by atoms with Gasteiger partial charge in [0.1, 0.15) is 11.9 Å². The summed E-state index contributed by atoms with van der Waals surface area (Å²) in [4.78, 5) is 11.6. The molecule has 16 heavy (non-hydrogen) atoms. The van der Waals surface area contributed by atoms with Crippen LogP contribution in [0.2, 0.25) is 0 Å². The molecule has 0 saturated carbocycles. The van der Waals surface area contributed by atoms with Gasteiger partial charge in [0.15, 0.2) is 0 Å². The maximum absolute atomic E-state index is 11.6. The zero-order valence-electron chi connectivity index (χ0n) is 9.45. The van der Waals surface area contributed by atoms with Crippen LogP contribution in [0.5, 0.6) is 5.75 Å². The maximum Gasteiger partial charge on any atom is 0.253 e. The van der Waals surface area contributed by atoms with Gasteiger partial charge >= 0.3 is 0 Å². The summed E-state index contributed by atoms with van der Waals surface area (Å²) >= 11 is 0. The largest absolute Gasteiger partial charge is 0.493 e. The Morgan fingerprint density at radius 3 is 3.12 bits per heavy atom. The molecule has 1 atom stereocenters. The van der Waals surface area contributed by atoms with E-state index in [4.69, 9.17) is 9.47 Å². The highest BCUT2D eigenvalue weighted by molar-refractivity contribution is 5.94. The minimum Gasteiger partial charge on any atom is -0.493 e. The third-order valence-electron chi connectivity index (χ3n) is 2.68. The third-order valence-corrected chi connectivity index (χ3v) is 2.68. The molecule has 0 radical (unpaired) electrons. The average Bonchev–Trinajstić information content (AvgIpc) is 2.75. The maximum atomic E-state index is 11.6. The van der Waals surface area contributed by atoms with E-state index in [-0.39, 0.29) is 5.91 Å². The molecule has 4 nitrogen and oxygen atoms in total. The van der Waals surface area contributed by atoms with Gasteiger partial charge in [-0.05, 0) is 30.7 Å². The molecule has 4 heteroatoms. The number of ether oxygens (including phenoxy) is 2. The standard InChI is InChI=1S/C12H15NO3/c1-8(15-2)12(14)13-10-3-4-11-9(7-10)5-6-16-11/h3-4,7-8H,5-6H2,1-2H3,(H,13,14). The molecule has 1 aromatic carbocycles. The number of rotatable bonds is 3. The van der Waals surface area contributed by atoms with E-state index < -0.39 is 6.10 Å². The predicted octanol–water partition coefficient (Wildman–Crippen LogP) is 1.59. The van der Waals surface area contributed by atoms with E-state index in [1.165, 1.54) is 7.11 Å². The zero-order chi connectivity index (χ0) is 11.5. The fourth-order valence-corrected chi connectivity index (χ4v) is 1.62. The van der Waals surface area contributed by atoms with Gasteiger partial charge in [0, 0.05) is 19.2 Å². The minimum atomic E-state index is -0.440. The first kappa shape index (κ1) is 11.0. The Morgan fingerprint density at radius 2 is 2.38 bits per heavy atom. The van der Waals surface area contributed by atoms with Crippen LogP contribution >= 0.6 is 0 Å². The van der Waals surface area contributed by atoms with Crippen LogP contribution in [0.3, 0.4) is 0 Å². The SMILES string of the molecule is COC(C)C(=O)Nc1ccc2c(c1)CCO2. The van der Waals surface area contributed by atoms with Gasteiger partial charge < -0.3 is 14.8 Å². The zero-order valence-corrected chi connectivity index (χ0v) is 9.45. The van der Waals surface area contributed by atoms with Crippen molar-refractivity contribution in [1.82, 2.24) is 0 Å². The molecule has 0 aliphatic carbocycles. The van der Waals surface area contributed by atoms with Crippen LogP contribution in [0.15, 0.2) is 18.2 Å². The molecular weight excluding hydrogens is 206 g/mol. The predicted molar refractivity (Wildman–Crippen MR) is 60.7 cm³/mol. The molecule has 0 aromatic heterocycles. The molecule has 0 bridgehead atoms. The van der Waals surface area contributed by atoms with Gasteiger partial charge in [-0.3, -0.25) is 4.79 Å². The van der Waals surface area contributed by atoms with Gasteiger partial charge in [-0.2, -0.15) is 0 Å². The van der Waals surface area contributed by atoms with Crippen molar-refractivity contribution in [3.05, 3.63) is 23.8 Å². The van der Waals surface area contributed by atoms with Crippen molar-refractivity contribution in [2.24, 2.45) is 0 Å². The summed E-state index contributed by atoms with van der Waals surface area (Å²) in [5.74, 6) is 0.777. The molecule has 0 spiro atoms. The van der Waals surface area contributed by atoms with Gasteiger partial charge in [0.2, 0.25) is 0 Å². The van der Waals surface area contributed by atoms with E-state index in [1.807, 2.05) is 18.2 Å². The van der Waals surface area contributed by atoms with E-state index >= 15 is 0 Å². The van der Waals surface area contributed by atoms with E-state index in [0.29, 0.717) is 0 Å². The number of nitrogens with one attached hydrogen (secondary N) is 1. The monoisotopic (exact) mass is 221 g/mol. The van der Waals surface area contributed by atoms with Gasteiger partial charge in [0.25, 0.3) is 5.91 Å². The van der Waals surface area contributed by atoms with Crippen molar-refractivity contribution < 1.29 is 14.3 Å². The third kappa shape index (κ3) is 2.17. The summed E-state index contributed by atoms with van der Waals surface area (Å²) in [6.07, 6.45) is 0.461. The van der Waals surface area contributed by atoms with Crippen molar-refractivity contribution in [2.75, 3.05) is 19.0 Å². The van der Waals surface area contributed by atoms with Crippen molar-refractivity contribution in [3.63, 3.8) is 0 Å². The lowest BCUT2D eigenvalue weighted by Crippen LogP contribution is -2.26. The number of fused-ring (bicyclic) bond motifs is 1. The van der Waals surface area contributed by atoms with E-state index in [1.54, 1.807) is 6.92 Å². The lowest BCUT2D eigenvalue weighted by atomic mass is 10.1. The van der Waals surface area contributed by atoms with Crippen LogP contribution in [-0.4, -0.2) is 25.7 Å². The van der Waals surface area contributed by atoms with Gasteiger partial charge in [-0.15, -0.1) is 0 Å². The molecule has 1 unspecified atom stereocenters. The Kier molecular flexibility index (Phi) is 3.10. The number of hydrogen-bond acceptors (Lipinski definition) is 3. The van der Waals surface area contributed by atoms with Gasteiger partial charge in [0.05, 0.1) is 6.61 Å². The second-order valence-electron chi connectivity index (χ2n) is 3.79. The number of anilines is 1. The van der Waals surface area contributed by atoms with Crippen molar-refractivity contribution in [1.29, 1.82) is 0 Å². The summed E-state index contributed by atoms with van der Waals surface area (Å²) in [5.41, 5.74) is 1.93. The van der Waals surface area contributed by atoms with Crippen LogP contribution < -0.4 is 10.1 Å². The summed E-state index contributed by atoms with van der Waals surface area (Å²) in [7, 11) is 1.51. The van der Waals surface area contributed by atoms with Crippen molar-refractivity contribution in [2.45, 2.75) is 19.4 Å². The van der Waals surface area contributed by atoms with Crippen LogP contribution in [0.25, 0.3) is 0 Å². The molecule has 1 heterocycles. The Hall–Kier alpha value is -1.55. The number of carbonyl (C=O) groups excluding carboxylic acids is 1. The molecule has 1 aliphatic heterocycles. The molecule has 0 saturated heterocycles. The fraction of sp³-hybridized carbons (Fsp3) is 0.417. The summed E-state index contributed by atoms with van der Waals surface area (Å²) < 4.78 is 10.3. The molecule has 2 rings (SSSR count). The van der Waals surface area contributed by atoms with E-state index in [0.717, 1.165) is 30.0 Å². The molecule has 0 fully saturated rings. The normalized spacial score (nSPS) is 15.1. The Labute approximate surface area is 94.6 Å². The second-order valence-corrected chi connectivity index (χ2v) is 3.79. The van der Waals surface area contributed by atoms with Crippen molar-refractivity contribution in [3.8, 4) is 5.75 Å². The average molecular weight is 221 g/mol. The number of benzene rings is 1. The van der Waals surface area contributed by atoms with Crippen LogP contribution in [0.1, 0.15) is 12.5 Å². The fourth-order valence-electron chi connectivity index (χ4n) is 1.62. The van der Waals surface area contributed by atoms with Gasteiger partial charge in [-0.25, -0.2) is 0 Å². The number of methoxy groups -OCH3 is 1. The number of amides is 1.